The maximum Gasteiger partial charge on any atom is 0.248 e. The standard InChI is InChI=1S/C13H21NO4S/c1-2-3-4-5-6-10-13(16)19(17,18)12-9-7-8-11(15)14-12/h7-9,13,16H,2-6,10H2,1H3,(H,14,15). The fourth-order valence-electron chi connectivity index (χ4n) is 1.82. The summed E-state index contributed by atoms with van der Waals surface area (Å²) in [5, 5.41) is 9.55. The van der Waals surface area contributed by atoms with Gasteiger partial charge >= 0.3 is 0 Å². The normalized spacial score (nSPS) is 13.4. The molecule has 6 heteroatoms. The van der Waals surface area contributed by atoms with Crippen molar-refractivity contribution in [2.45, 2.75) is 55.9 Å². The van der Waals surface area contributed by atoms with Crippen LogP contribution in [0, 0.1) is 0 Å². The first-order valence-electron chi connectivity index (χ1n) is 6.59. The van der Waals surface area contributed by atoms with E-state index in [1.54, 1.807) is 0 Å². The predicted molar refractivity (Wildman–Crippen MR) is 73.6 cm³/mol. The molecule has 108 valence electrons. The lowest BCUT2D eigenvalue weighted by Gasteiger charge is -2.11. The molecule has 0 spiro atoms. The van der Waals surface area contributed by atoms with Crippen LogP contribution in [0.2, 0.25) is 0 Å². The highest BCUT2D eigenvalue weighted by Crippen LogP contribution is 2.16. The van der Waals surface area contributed by atoms with Gasteiger partial charge in [-0.25, -0.2) is 8.42 Å². The van der Waals surface area contributed by atoms with E-state index >= 15 is 0 Å². The molecule has 0 aromatic carbocycles. The molecule has 19 heavy (non-hydrogen) atoms. The Balaban J connectivity index is 2.60. The molecule has 1 aromatic rings. The third kappa shape index (κ3) is 4.80. The predicted octanol–water partition coefficient (Wildman–Crippen LogP) is 1.83. The molecule has 2 N–H and O–H groups in total. The molecule has 5 nitrogen and oxygen atoms in total. The Morgan fingerprint density at radius 3 is 2.53 bits per heavy atom. The van der Waals surface area contributed by atoms with Gasteiger partial charge in [0, 0.05) is 6.07 Å². The molecular weight excluding hydrogens is 266 g/mol. The number of nitrogens with one attached hydrogen (secondary N) is 1. The van der Waals surface area contributed by atoms with E-state index in [9.17, 15) is 18.3 Å². The lowest BCUT2D eigenvalue weighted by Crippen LogP contribution is -2.23. The zero-order chi connectivity index (χ0) is 14.3. The molecule has 0 bridgehead atoms. The summed E-state index contributed by atoms with van der Waals surface area (Å²) >= 11 is 0. The Labute approximate surface area is 113 Å². The lowest BCUT2D eigenvalue weighted by molar-refractivity contribution is 0.233. The third-order valence-corrected chi connectivity index (χ3v) is 4.76. The number of aliphatic hydroxyl groups excluding tert-OH is 1. The molecule has 1 heterocycles. The van der Waals surface area contributed by atoms with Crippen LogP contribution in [-0.2, 0) is 9.84 Å². The van der Waals surface area contributed by atoms with E-state index in [0.717, 1.165) is 25.7 Å². The second-order valence-corrected chi connectivity index (χ2v) is 6.66. The molecule has 1 rings (SSSR count). The molecular formula is C13H21NO4S. The first-order chi connectivity index (χ1) is 8.98. The molecule has 0 aliphatic heterocycles. The number of rotatable bonds is 8. The summed E-state index contributed by atoms with van der Waals surface area (Å²) in [6, 6.07) is 3.88. The Kier molecular flexibility index (Phi) is 6.24. The van der Waals surface area contributed by atoms with E-state index in [1.165, 1.54) is 18.2 Å². The summed E-state index contributed by atoms with van der Waals surface area (Å²) in [5.74, 6) is 0. The van der Waals surface area contributed by atoms with Crippen molar-refractivity contribution in [2.24, 2.45) is 0 Å². The largest absolute Gasteiger partial charge is 0.377 e. The quantitative estimate of drug-likeness (QED) is 0.714. The highest BCUT2D eigenvalue weighted by atomic mass is 32.2. The number of aromatic amines is 1. The van der Waals surface area contributed by atoms with Crippen molar-refractivity contribution in [1.29, 1.82) is 0 Å². The van der Waals surface area contributed by atoms with Crippen molar-refractivity contribution in [3.63, 3.8) is 0 Å². The maximum atomic E-state index is 12.0. The van der Waals surface area contributed by atoms with Crippen LogP contribution in [0.4, 0.5) is 0 Å². The van der Waals surface area contributed by atoms with Crippen molar-refractivity contribution in [2.75, 3.05) is 0 Å². The van der Waals surface area contributed by atoms with Crippen molar-refractivity contribution in [3.05, 3.63) is 28.6 Å². The van der Waals surface area contributed by atoms with Gasteiger partial charge in [-0.3, -0.25) is 4.79 Å². The summed E-state index contributed by atoms with van der Waals surface area (Å²) in [5.41, 5.74) is -1.94. The van der Waals surface area contributed by atoms with Gasteiger partial charge < -0.3 is 10.1 Å². The Morgan fingerprint density at radius 2 is 1.89 bits per heavy atom. The summed E-state index contributed by atoms with van der Waals surface area (Å²) in [6.07, 6.45) is 5.05. The number of hydrogen-bond acceptors (Lipinski definition) is 4. The van der Waals surface area contributed by atoms with Crippen molar-refractivity contribution in [1.82, 2.24) is 4.98 Å². The van der Waals surface area contributed by atoms with E-state index < -0.39 is 20.8 Å². The van der Waals surface area contributed by atoms with Crippen LogP contribution in [0.25, 0.3) is 0 Å². The minimum absolute atomic E-state index is 0.197. The van der Waals surface area contributed by atoms with Gasteiger partial charge in [-0.05, 0) is 18.9 Å². The third-order valence-electron chi connectivity index (χ3n) is 2.96. The second kappa shape index (κ2) is 7.45. The number of unbranched alkanes of at least 4 members (excludes halogenated alkanes) is 4. The van der Waals surface area contributed by atoms with E-state index in [1.807, 2.05) is 0 Å². The van der Waals surface area contributed by atoms with Crippen LogP contribution >= 0.6 is 0 Å². The van der Waals surface area contributed by atoms with Crippen LogP contribution in [0.5, 0.6) is 0 Å². The van der Waals surface area contributed by atoms with E-state index in [2.05, 4.69) is 11.9 Å². The van der Waals surface area contributed by atoms with Gasteiger partial charge in [0.2, 0.25) is 15.4 Å². The molecule has 0 saturated heterocycles. The topological polar surface area (TPSA) is 87.2 Å². The maximum absolute atomic E-state index is 12.0. The Hall–Kier alpha value is -1.14. The van der Waals surface area contributed by atoms with E-state index in [0.29, 0.717) is 6.42 Å². The molecule has 0 aliphatic carbocycles. The lowest BCUT2D eigenvalue weighted by atomic mass is 10.1. The van der Waals surface area contributed by atoms with Crippen LogP contribution in [0.3, 0.4) is 0 Å². The fourth-order valence-corrected chi connectivity index (χ4v) is 3.10. The summed E-state index contributed by atoms with van der Waals surface area (Å²) < 4.78 is 24.0. The highest BCUT2D eigenvalue weighted by molar-refractivity contribution is 7.91. The summed E-state index contributed by atoms with van der Waals surface area (Å²) in [4.78, 5) is 13.3. The van der Waals surface area contributed by atoms with Gasteiger partial charge in [-0.15, -0.1) is 0 Å². The van der Waals surface area contributed by atoms with Crippen LogP contribution in [-0.4, -0.2) is 23.9 Å². The number of aromatic nitrogens is 1. The smallest absolute Gasteiger partial charge is 0.248 e. The molecule has 1 aromatic heterocycles. The van der Waals surface area contributed by atoms with E-state index in [4.69, 9.17) is 0 Å². The van der Waals surface area contributed by atoms with Crippen molar-refractivity contribution >= 4 is 9.84 Å². The second-order valence-electron chi connectivity index (χ2n) is 4.58. The molecule has 0 aliphatic rings. The van der Waals surface area contributed by atoms with Gasteiger partial charge in [-0.1, -0.05) is 38.7 Å². The van der Waals surface area contributed by atoms with Gasteiger partial charge in [0.15, 0.2) is 5.44 Å². The first kappa shape index (κ1) is 15.9. The number of pyridine rings is 1. The zero-order valence-electron chi connectivity index (χ0n) is 11.1. The number of hydrogen-bond donors (Lipinski definition) is 2. The van der Waals surface area contributed by atoms with Crippen molar-refractivity contribution < 1.29 is 13.5 Å². The van der Waals surface area contributed by atoms with Gasteiger partial charge in [-0.2, -0.15) is 0 Å². The fraction of sp³-hybridized carbons (Fsp3) is 0.615. The summed E-state index contributed by atoms with van der Waals surface area (Å²) in [6.45, 7) is 2.10. The van der Waals surface area contributed by atoms with Gasteiger partial charge in [0.1, 0.15) is 5.03 Å². The highest BCUT2D eigenvalue weighted by Gasteiger charge is 2.25. The molecule has 0 amide bonds. The average molecular weight is 287 g/mol. The first-order valence-corrected chi connectivity index (χ1v) is 8.14. The molecule has 0 radical (unpaired) electrons. The minimum atomic E-state index is -3.85. The molecule has 1 atom stereocenters. The van der Waals surface area contributed by atoms with E-state index in [-0.39, 0.29) is 11.4 Å². The zero-order valence-corrected chi connectivity index (χ0v) is 11.9. The summed E-state index contributed by atoms with van der Waals surface area (Å²) in [7, 11) is -3.85. The molecule has 0 fully saturated rings. The number of sulfone groups is 1. The van der Waals surface area contributed by atoms with Crippen LogP contribution in [0.15, 0.2) is 28.0 Å². The van der Waals surface area contributed by atoms with Crippen LogP contribution < -0.4 is 5.56 Å². The van der Waals surface area contributed by atoms with Gasteiger partial charge in [0.05, 0.1) is 0 Å². The SMILES string of the molecule is CCCCCCCC(O)S(=O)(=O)c1cccc(=O)[nH]1. The van der Waals surface area contributed by atoms with Gasteiger partial charge in [0.25, 0.3) is 0 Å². The molecule has 0 saturated carbocycles. The Morgan fingerprint density at radius 1 is 1.21 bits per heavy atom. The van der Waals surface area contributed by atoms with Crippen LogP contribution in [0.1, 0.15) is 45.4 Å². The monoisotopic (exact) mass is 287 g/mol. The minimum Gasteiger partial charge on any atom is -0.377 e. The number of aliphatic hydroxyl groups is 1. The number of H-pyrrole nitrogens is 1. The molecule has 1 unspecified atom stereocenters. The van der Waals surface area contributed by atoms with Crippen molar-refractivity contribution in [3.8, 4) is 0 Å². The Bertz CT molecular complexity index is 536. The average Bonchev–Trinajstić information content (AvgIpc) is 2.38.